The third-order valence-electron chi connectivity index (χ3n) is 3.93. The number of hydrogen-bond donors (Lipinski definition) is 1. The van der Waals surface area contributed by atoms with E-state index in [-0.39, 0.29) is 18.2 Å². The largest absolute Gasteiger partial charge is 0.481 e. The lowest BCUT2D eigenvalue weighted by atomic mass is 9.94. The van der Waals surface area contributed by atoms with Crippen molar-refractivity contribution in [3.8, 4) is 0 Å². The van der Waals surface area contributed by atoms with Crippen molar-refractivity contribution in [2.75, 3.05) is 18.8 Å². The molecule has 4 nitrogen and oxygen atoms in total. The molecule has 0 saturated carbocycles. The Labute approximate surface area is 150 Å². The van der Waals surface area contributed by atoms with E-state index in [0.29, 0.717) is 34.6 Å². The van der Waals surface area contributed by atoms with E-state index >= 15 is 0 Å². The smallest absolute Gasteiger partial charge is 0.303 e. The molecule has 1 fully saturated rings. The van der Waals surface area contributed by atoms with Gasteiger partial charge < -0.3 is 10.0 Å². The quantitative estimate of drug-likeness (QED) is 0.817. The summed E-state index contributed by atoms with van der Waals surface area (Å²) in [5, 5.41) is 10.0. The molecule has 1 aromatic carbocycles. The van der Waals surface area contributed by atoms with Gasteiger partial charge in [-0.05, 0) is 36.5 Å². The number of amides is 1. The van der Waals surface area contributed by atoms with Crippen molar-refractivity contribution in [1.82, 2.24) is 4.90 Å². The Morgan fingerprint density at radius 3 is 2.57 bits per heavy atom. The highest BCUT2D eigenvalue weighted by Gasteiger charge is 2.24. The van der Waals surface area contributed by atoms with Crippen molar-refractivity contribution in [2.45, 2.75) is 25.0 Å². The normalized spacial score (nSPS) is 15.7. The maximum atomic E-state index is 12.2. The maximum absolute atomic E-state index is 12.2. The lowest BCUT2D eigenvalue weighted by molar-refractivity contribution is -0.138. The standard InChI is InChI=1S/C16H19Cl2NO3S/c17-13-2-1-12(14(18)8-13)9-23-10-15(20)19-5-3-11(4-6-19)7-16(21)22/h1-2,8,11H,3-7,9-10H2,(H,21,22). The molecule has 0 radical (unpaired) electrons. The number of hydrogen-bond acceptors (Lipinski definition) is 3. The van der Waals surface area contributed by atoms with E-state index in [4.69, 9.17) is 28.3 Å². The summed E-state index contributed by atoms with van der Waals surface area (Å²) in [6.45, 7) is 1.30. The average molecular weight is 376 g/mol. The van der Waals surface area contributed by atoms with Gasteiger partial charge in [0.15, 0.2) is 0 Å². The number of carboxylic acid groups (broad SMARTS) is 1. The zero-order valence-corrected chi connectivity index (χ0v) is 15.0. The molecule has 1 N–H and O–H groups in total. The monoisotopic (exact) mass is 375 g/mol. The Balaban J connectivity index is 1.72. The van der Waals surface area contributed by atoms with E-state index in [1.807, 2.05) is 11.0 Å². The molecule has 7 heteroatoms. The number of thioether (sulfide) groups is 1. The number of aliphatic carboxylic acids is 1. The second kappa shape index (κ2) is 8.81. The summed E-state index contributed by atoms with van der Waals surface area (Å²) in [7, 11) is 0. The van der Waals surface area contributed by atoms with Gasteiger partial charge in [0.2, 0.25) is 5.91 Å². The summed E-state index contributed by atoms with van der Waals surface area (Å²) >= 11 is 13.5. The van der Waals surface area contributed by atoms with E-state index in [0.717, 1.165) is 18.4 Å². The molecular weight excluding hydrogens is 357 g/mol. The van der Waals surface area contributed by atoms with Crippen molar-refractivity contribution < 1.29 is 14.7 Å². The number of halogens is 2. The summed E-state index contributed by atoms with van der Waals surface area (Å²) in [4.78, 5) is 24.7. The predicted octanol–water partition coefficient (Wildman–Crippen LogP) is 3.94. The summed E-state index contributed by atoms with van der Waals surface area (Å²) in [6, 6.07) is 5.37. The number of piperidine rings is 1. The molecule has 0 atom stereocenters. The highest BCUT2D eigenvalue weighted by Crippen LogP contribution is 2.25. The molecule has 23 heavy (non-hydrogen) atoms. The molecule has 0 aliphatic carbocycles. The molecule has 0 unspecified atom stereocenters. The summed E-state index contributed by atoms with van der Waals surface area (Å²) < 4.78 is 0. The van der Waals surface area contributed by atoms with Gasteiger partial charge in [0.1, 0.15) is 0 Å². The van der Waals surface area contributed by atoms with Crippen LogP contribution in [0.4, 0.5) is 0 Å². The summed E-state index contributed by atoms with van der Waals surface area (Å²) in [5.41, 5.74) is 0.967. The van der Waals surface area contributed by atoms with Crippen molar-refractivity contribution in [3.63, 3.8) is 0 Å². The first-order valence-corrected chi connectivity index (χ1v) is 9.38. The fourth-order valence-corrected chi connectivity index (χ4v) is 4.10. The van der Waals surface area contributed by atoms with Crippen molar-refractivity contribution in [2.24, 2.45) is 5.92 Å². The molecule has 0 spiro atoms. The van der Waals surface area contributed by atoms with Crippen LogP contribution in [-0.4, -0.2) is 40.7 Å². The molecule has 1 aliphatic heterocycles. The first-order valence-electron chi connectivity index (χ1n) is 7.47. The average Bonchev–Trinajstić information content (AvgIpc) is 2.49. The Hall–Kier alpha value is -0.910. The van der Waals surface area contributed by atoms with Crippen LogP contribution in [0, 0.1) is 5.92 Å². The van der Waals surface area contributed by atoms with Crippen LogP contribution in [0.3, 0.4) is 0 Å². The van der Waals surface area contributed by atoms with Crippen LogP contribution >= 0.6 is 35.0 Å². The first kappa shape index (κ1) is 18.4. The van der Waals surface area contributed by atoms with E-state index < -0.39 is 5.97 Å². The van der Waals surface area contributed by atoms with Gasteiger partial charge >= 0.3 is 5.97 Å². The third-order valence-corrected chi connectivity index (χ3v) is 5.48. The van der Waals surface area contributed by atoms with Crippen molar-refractivity contribution in [1.29, 1.82) is 0 Å². The number of carbonyl (C=O) groups excluding carboxylic acids is 1. The van der Waals surface area contributed by atoms with Crippen LogP contribution in [0.2, 0.25) is 10.0 Å². The molecule has 0 aromatic heterocycles. The van der Waals surface area contributed by atoms with Gasteiger partial charge in [0, 0.05) is 35.3 Å². The molecule has 1 saturated heterocycles. The van der Waals surface area contributed by atoms with Crippen LogP contribution in [0.5, 0.6) is 0 Å². The van der Waals surface area contributed by atoms with E-state index in [1.165, 1.54) is 11.8 Å². The second-order valence-corrected chi connectivity index (χ2v) is 7.48. The lowest BCUT2D eigenvalue weighted by Crippen LogP contribution is -2.39. The van der Waals surface area contributed by atoms with Gasteiger partial charge in [-0.15, -0.1) is 11.8 Å². The number of nitrogens with zero attached hydrogens (tertiary/aromatic N) is 1. The summed E-state index contributed by atoms with van der Waals surface area (Å²) in [5.74, 6) is 0.607. The van der Waals surface area contributed by atoms with Crippen molar-refractivity contribution >= 4 is 46.8 Å². The SMILES string of the molecule is O=C(O)CC1CCN(C(=O)CSCc2ccc(Cl)cc2Cl)CC1. The van der Waals surface area contributed by atoms with Gasteiger partial charge in [-0.3, -0.25) is 9.59 Å². The van der Waals surface area contributed by atoms with E-state index in [1.54, 1.807) is 12.1 Å². The highest BCUT2D eigenvalue weighted by atomic mass is 35.5. The fraction of sp³-hybridized carbons (Fsp3) is 0.500. The highest BCUT2D eigenvalue weighted by molar-refractivity contribution is 7.99. The van der Waals surface area contributed by atoms with Crippen molar-refractivity contribution in [3.05, 3.63) is 33.8 Å². The Morgan fingerprint density at radius 1 is 1.26 bits per heavy atom. The Morgan fingerprint density at radius 2 is 1.96 bits per heavy atom. The molecular formula is C16H19Cl2NO3S. The zero-order chi connectivity index (χ0) is 16.8. The predicted molar refractivity (Wildman–Crippen MR) is 94.2 cm³/mol. The minimum Gasteiger partial charge on any atom is -0.481 e. The molecule has 126 valence electrons. The van der Waals surface area contributed by atoms with E-state index in [9.17, 15) is 9.59 Å². The Kier molecular flexibility index (Phi) is 7.06. The zero-order valence-electron chi connectivity index (χ0n) is 12.6. The summed E-state index contributed by atoms with van der Waals surface area (Å²) in [6.07, 6.45) is 1.74. The van der Waals surface area contributed by atoms with Crippen LogP contribution in [-0.2, 0) is 15.3 Å². The topological polar surface area (TPSA) is 57.6 Å². The van der Waals surface area contributed by atoms with Gasteiger partial charge in [-0.25, -0.2) is 0 Å². The number of benzene rings is 1. The minimum absolute atomic E-state index is 0.105. The maximum Gasteiger partial charge on any atom is 0.303 e. The number of likely N-dealkylation sites (tertiary alicyclic amines) is 1. The molecule has 0 bridgehead atoms. The lowest BCUT2D eigenvalue weighted by Gasteiger charge is -2.31. The van der Waals surface area contributed by atoms with Crippen LogP contribution < -0.4 is 0 Å². The van der Waals surface area contributed by atoms with E-state index in [2.05, 4.69) is 0 Å². The van der Waals surface area contributed by atoms with Gasteiger partial charge in [0.25, 0.3) is 0 Å². The van der Waals surface area contributed by atoms with Crippen LogP contribution in [0.1, 0.15) is 24.8 Å². The third kappa shape index (κ3) is 5.90. The fourth-order valence-electron chi connectivity index (χ4n) is 2.61. The molecule has 2 rings (SSSR count). The van der Waals surface area contributed by atoms with Gasteiger partial charge in [0.05, 0.1) is 5.75 Å². The van der Waals surface area contributed by atoms with Crippen LogP contribution in [0.15, 0.2) is 18.2 Å². The van der Waals surface area contributed by atoms with Gasteiger partial charge in [-0.2, -0.15) is 0 Å². The molecule has 1 aliphatic rings. The molecule has 1 heterocycles. The van der Waals surface area contributed by atoms with Gasteiger partial charge in [-0.1, -0.05) is 29.3 Å². The second-order valence-electron chi connectivity index (χ2n) is 5.65. The number of carboxylic acids is 1. The number of rotatable bonds is 6. The number of carbonyl (C=O) groups is 2. The minimum atomic E-state index is -0.759. The van der Waals surface area contributed by atoms with Crippen LogP contribution in [0.25, 0.3) is 0 Å². The molecule has 1 amide bonds. The molecule has 1 aromatic rings. The Bertz CT molecular complexity index is 574. The first-order chi connectivity index (χ1) is 11.0.